The number of aliphatic hydroxyl groups excluding tert-OH is 1. The van der Waals surface area contributed by atoms with Crippen molar-refractivity contribution in [3.63, 3.8) is 0 Å². The van der Waals surface area contributed by atoms with E-state index in [2.05, 4.69) is 47.4 Å². The second-order valence-corrected chi connectivity index (χ2v) is 5.09. The van der Waals surface area contributed by atoms with Crippen LogP contribution in [0, 0.1) is 0 Å². The van der Waals surface area contributed by atoms with Crippen LogP contribution in [0.3, 0.4) is 0 Å². The first-order valence-electron chi connectivity index (χ1n) is 6.72. The molecule has 0 amide bonds. The van der Waals surface area contributed by atoms with E-state index in [0.29, 0.717) is 0 Å². The fraction of sp³-hybridized carbons (Fsp3) is 0.375. The summed E-state index contributed by atoms with van der Waals surface area (Å²) in [5.41, 5.74) is 7.11. The second kappa shape index (κ2) is 6.66. The minimum absolute atomic E-state index is 0.0403. The molecule has 0 radical (unpaired) electrons. The molecule has 2 aromatic rings. The SMILES string of the molecule is CN(CCc1cccc2ccccc12)CC(N)CO. The number of rotatable bonds is 6. The normalized spacial score (nSPS) is 13.1. The monoisotopic (exact) mass is 258 g/mol. The molecule has 2 rings (SSSR count). The van der Waals surface area contributed by atoms with Gasteiger partial charge in [-0.25, -0.2) is 0 Å². The molecular weight excluding hydrogens is 236 g/mol. The predicted octanol–water partition coefficient (Wildman–Crippen LogP) is 1.63. The van der Waals surface area contributed by atoms with Crippen molar-refractivity contribution in [1.29, 1.82) is 0 Å². The molecule has 102 valence electrons. The molecule has 0 saturated heterocycles. The average Bonchev–Trinajstić information content (AvgIpc) is 2.44. The first-order chi connectivity index (χ1) is 9.20. The van der Waals surface area contributed by atoms with E-state index in [4.69, 9.17) is 10.8 Å². The van der Waals surface area contributed by atoms with Gasteiger partial charge in [0.25, 0.3) is 0 Å². The fourth-order valence-electron chi connectivity index (χ4n) is 2.37. The summed E-state index contributed by atoms with van der Waals surface area (Å²) < 4.78 is 0. The Labute approximate surface area is 114 Å². The van der Waals surface area contributed by atoms with Crippen LogP contribution in [0.5, 0.6) is 0 Å². The van der Waals surface area contributed by atoms with Crippen LogP contribution in [-0.4, -0.2) is 42.8 Å². The molecule has 19 heavy (non-hydrogen) atoms. The maximum atomic E-state index is 8.96. The number of nitrogens with zero attached hydrogens (tertiary/aromatic N) is 1. The topological polar surface area (TPSA) is 49.5 Å². The van der Waals surface area contributed by atoms with E-state index in [-0.39, 0.29) is 12.6 Å². The Kier molecular flexibility index (Phi) is 4.91. The highest BCUT2D eigenvalue weighted by Gasteiger charge is 2.06. The van der Waals surface area contributed by atoms with E-state index in [1.807, 2.05) is 7.05 Å². The summed E-state index contributed by atoms with van der Waals surface area (Å²) in [6, 6.07) is 14.7. The zero-order valence-electron chi connectivity index (χ0n) is 11.4. The molecule has 1 atom stereocenters. The Morgan fingerprint density at radius 2 is 1.89 bits per heavy atom. The Morgan fingerprint density at radius 3 is 2.68 bits per heavy atom. The van der Waals surface area contributed by atoms with Crippen LogP contribution in [0.1, 0.15) is 5.56 Å². The van der Waals surface area contributed by atoms with Gasteiger partial charge >= 0.3 is 0 Å². The molecule has 3 N–H and O–H groups in total. The van der Waals surface area contributed by atoms with E-state index >= 15 is 0 Å². The summed E-state index contributed by atoms with van der Waals surface area (Å²) in [4.78, 5) is 2.17. The van der Waals surface area contributed by atoms with Gasteiger partial charge in [0.15, 0.2) is 0 Å². The number of nitrogens with two attached hydrogens (primary N) is 1. The van der Waals surface area contributed by atoms with Gasteiger partial charge in [-0.15, -0.1) is 0 Å². The molecule has 0 aromatic heterocycles. The molecule has 0 aliphatic heterocycles. The van der Waals surface area contributed by atoms with Crippen molar-refractivity contribution in [2.24, 2.45) is 5.73 Å². The van der Waals surface area contributed by atoms with E-state index in [1.165, 1.54) is 16.3 Å². The molecule has 0 saturated carbocycles. The first-order valence-corrected chi connectivity index (χ1v) is 6.72. The quantitative estimate of drug-likeness (QED) is 0.828. The molecule has 1 unspecified atom stereocenters. The van der Waals surface area contributed by atoms with Crippen LogP contribution in [0.4, 0.5) is 0 Å². The van der Waals surface area contributed by atoms with Gasteiger partial charge in [0.05, 0.1) is 6.61 Å². The highest BCUT2D eigenvalue weighted by Crippen LogP contribution is 2.18. The van der Waals surface area contributed by atoms with Crippen LogP contribution >= 0.6 is 0 Å². The van der Waals surface area contributed by atoms with Crippen LogP contribution in [0.25, 0.3) is 10.8 Å². The van der Waals surface area contributed by atoms with Gasteiger partial charge in [0.2, 0.25) is 0 Å². The summed E-state index contributed by atoms with van der Waals surface area (Å²) in [5, 5.41) is 11.6. The van der Waals surface area contributed by atoms with E-state index in [1.54, 1.807) is 0 Å². The van der Waals surface area contributed by atoms with Gasteiger partial charge in [0.1, 0.15) is 0 Å². The lowest BCUT2D eigenvalue weighted by Crippen LogP contribution is -2.38. The Balaban J connectivity index is 2.02. The number of aliphatic hydroxyl groups is 1. The number of likely N-dealkylation sites (N-methyl/N-ethyl adjacent to an activating group) is 1. The standard InChI is InChI=1S/C16H22N2O/c1-18(11-15(17)12-19)10-9-14-7-4-6-13-5-2-3-8-16(13)14/h2-8,15,19H,9-12,17H2,1H3. The second-order valence-electron chi connectivity index (χ2n) is 5.09. The zero-order chi connectivity index (χ0) is 13.7. The molecule has 0 aliphatic rings. The van der Waals surface area contributed by atoms with Crippen molar-refractivity contribution in [2.45, 2.75) is 12.5 Å². The van der Waals surface area contributed by atoms with Crippen molar-refractivity contribution in [3.8, 4) is 0 Å². The maximum absolute atomic E-state index is 8.96. The molecule has 3 heteroatoms. The number of fused-ring (bicyclic) bond motifs is 1. The van der Waals surface area contributed by atoms with E-state index in [0.717, 1.165) is 19.5 Å². The Morgan fingerprint density at radius 1 is 1.16 bits per heavy atom. The summed E-state index contributed by atoms with van der Waals surface area (Å²) in [6.07, 6.45) is 0.996. The predicted molar refractivity (Wildman–Crippen MR) is 80.2 cm³/mol. The molecule has 0 aliphatic carbocycles. The highest BCUT2D eigenvalue weighted by molar-refractivity contribution is 5.85. The van der Waals surface area contributed by atoms with Crippen molar-refractivity contribution in [2.75, 3.05) is 26.7 Å². The summed E-state index contributed by atoms with van der Waals surface area (Å²) in [6.45, 7) is 1.71. The largest absolute Gasteiger partial charge is 0.395 e. The lowest BCUT2D eigenvalue weighted by molar-refractivity contribution is 0.223. The van der Waals surface area contributed by atoms with Crippen molar-refractivity contribution < 1.29 is 5.11 Å². The molecular formula is C16H22N2O. The summed E-state index contributed by atoms with van der Waals surface area (Å²) in [7, 11) is 2.04. The Bertz CT molecular complexity index is 522. The first kappa shape index (κ1) is 14.0. The molecule has 0 bridgehead atoms. The van der Waals surface area contributed by atoms with Gasteiger partial charge < -0.3 is 15.7 Å². The summed E-state index contributed by atoms with van der Waals surface area (Å²) in [5.74, 6) is 0. The summed E-state index contributed by atoms with van der Waals surface area (Å²) >= 11 is 0. The molecule has 2 aromatic carbocycles. The number of hydrogen-bond acceptors (Lipinski definition) is 3. The minimum Gasteiger partial charge on any atom is -0.395 e. The van der Waals surface area contributed by atoms with Gasteiger partial charge in [-0.05, 0) is 29.8 Å². The fourth-order valence-corrected chi connectivity index (χ4v) is 2.37. The van der Waals surface area contributed by atoms with Crippen molar-refractivity contribution in [3.05, 3.63) is 48.0 Å². The van der Waals surface area contributed by atoms with Gasteiger partial charge in [0, 0.05) is 19.1 Å². The lowest BCUT2D eigenvalue weighted by Gasteiger charge is -2.20. The highest BCUT2D eigenvalue weighted by atomic mass is 16.3. The van der Waals surface area contributed by atoms with E-state index < -0.39 is 0 Å². The van der Waals surface area contributed by atoms with Gasteiger partial charge in [-0.3, -0.25) is 0 Å². The minimum atomic E-state index is -0.155. The third-order valence-electron chi connectivity index (χ3n) is 3.42. The molecule has 3 nitrogen and oxygen atoms in total. The van der Waals surface area contributed by atoms with Crippen molar-refractivity contribution >= 4 is 10.8 Å². The third-order valence-corrected chi connectivity index (χ3v) is 3.42. The Hall–Kier alpha value is -1.42. The zero-order valence-corrected chi connectivity index (χ0v) is 11.4. The van der Waals surface area contributed by atoms with Crippen LogP contribution < -0.4 is 5.73 Å². The van der Waals surface area contributed by atoms with Crippen molar-refractivity contribution in [1.82, 2.24) is 4.90 Å². The van der Waals surface area contributed by atoms with Crippen LogP contribution in [-0.2, 0) is 6.42 Å². The number of hydrogen-bond donors (Lipinski definition) is 2. The lowest BCUT2D eigenvalue weighted by atomic mass is 10.0. The maximum Gasteiger partial charge on any atom is 0.0595 e. The van der Waals surface area contributed by atoms with Gasteiger partial charge in [-0.2, -0.15) is 0 Å². The third kappa shape index (κ3) is 3.77. The molecule has 0 spiro atoms. The number of benzene rings is 2. The molecule has 0 heterocycles. The average molecular weight is 258 g/mol. The van der Waals surface area contributed by atoms with E-state index in [9.17, 15) is 0 Å². The van der Waals surface area contributed by atoms with Gasteiger partial charge in [-0.1, -0.05) is 42.5 Å². The van der Waals surface area contributed by atoms with Crippen LogP contribution in [0.2, 0.25) is 0 Å². The van der Waals surface area contributed by atoms with Crippen LogP contribution in [0.15, 0.2) is 42.5 Å². The smallest absolute Gasteiger partial charge is 0.0595 e. The molecule has 0 fully saturated rings.